The first-order chi connectivity index (χ1) is 13.3. The summed E-state index contributed by atoms with van der Waals surface area (Å²) < 4.78 is 57.1. The van der Waals surface area contributed by atoms with Crippen molar-refractivity contribution < 1.29 is 27.6 Å². The van der Waals surface area contributed by atoms with E-state index in [2.05, 4.69) is 4.72 Å². The fourth-order valence-electron chi connectivity index (χ4n) is 3.07. The van der Waals surface area contributed by atoms with Crippen molar-refractivity contribution in [3.05, 3.63) is 58.4 Å². The summed E-state index contributed by atoms with van der Waals surface area (Å²) in [5.74, 6) is -4.08. The maximum Gasteiger partial charge on any atom is 0.305 e. The zero-order valence-corrected chi connectivity index (χ0v) is 17.7. The van der Waals surface area contributed by atoms with Crippen LogP contribution < -0.4 is 4.72 Å². The van der Waals surface area contributed by atoms with Crippen LogP contribution in [-0.4, -0.2) is 20.4 Å². The predicted molar refractivity (Wildman–Crippen MR) is 107 cm³/mol. The molecule has 0 unspecified atom stereocenters. The number of aliphatic carboxylic acids is 1. The molecule has 0 aromatic heterocycles. The Kier molecular flexibility index (Phi) is 7.03. The molecule has 0 saturated carbocycles. The molecule has 4 nitrogen and oxygen atoms in total. The van der Waals surface area contributed by atoms with E-state index in [-0.39, 0.29) is 11.1 Å². The highest BCUT2D eigenvalue weighted by atomic mass is 32.2. The summed E-state index contributed by atoms with van der Waals surface area (Å²) in [5, 5.41) is 9.23. The van der Waals surface area contributed by atoms with E-state index in [1.54, 1.807) is 34.6 Å². The highest BCUT2D eigenvalue weighted by Gasteiger charge is 2.33. The van der Waals surface area contributed by atoms with Gasteiger partial charge in [0.15, 0.2) is 11.6 Å². The van der Waals surface area contributed by atoms with Crippen molar-refractivity contribution in [1.82, 2.24) is 4.72 Å². The van der Waals surface area contributed by atoms with E-state index in [9.17, 15) is 27.6 Å². The zero-order valence-electron chi connectivity index (χ0n) is 16.9. The molecule has 0 aliphatic heterocycles. The van der Waals surface area contributed by atoms with Crippen LogP contribution in [-0.2, 0) is 16.2 Å². The SMILES string of the molecule is Cc1cc(F)cc(C)c1-c1cc(F)c(F)c([C@H](CC(=O)O)N[S@+]([O-])C(C)(C)C)c1. The molecule has 2 atom stereocenters. The van der Waals surface area contributed by atoms with E-state index in [1.807, 2.05) is 0 Å². The number of rotatable bonds is 6. The summed E-state index contributed by atoms with van der Waals surface area (Å²) in [6.45, 7) is 8.31. The third-order valence-corrected chi connectivity index (χ3v) is 6.01. The topological polar surface area (TPSA) is 72.4 Å². The normalized spacial score (nSPS) is 14.0. The van der Waals surface area contributed by atoms with Gasteiger partial charge < -0.3 is 9.66 Å². The van der Waals surface area contributed by atoms with Crippen LogP contribution in [0.15, 0.2) is 24.3 Å². The van der Waals surface area contributed by atoms with E-state index >= 15 is 0 Å². The molecular weight excluding hydrogens is 403 g/mol. The molecule has 0 spiro atoms. The standard InChI is InChI=1S/C21H24F3NO3S/c1-11-6-14(22)7-12(2)19(11)13-8-15(20(24)16(23)9-13)17(10-18(26)27)25-29(28)21(3,4)5/h6-9,17,25H,10H2,1-5H3,(H,26,27)/t17-,29+/m0/s1. The molecule has 0 aliphatic rings. The fourth-order valence-corrected chi connectivity index (χ4v) is 3.89. The lowest BCUT2D eigenvalue weighted by Gasteiger charge is -2.28. The van der Waals surface area contributed by atoms with Crippen LogP contribution in [0.1, 0.15) is 49.9 Å². The Bertz CT molecular complexity index is 905. The Labute approximate surface area is 171 Å². The average molecular weight is 427 g/mol. The van der Waals surface area contributed by atoms with E-state index in [0.29, 0.717) is 16.7 Å². The third-order valence-electron chi connectivity index (χ3n) is 4.40. The lowest BCUT2D eigenvalue weighted by atomic mass is 9.92. The fraction of sp³-hybridized carbons (Fsp3) is 0.381. The minimum Gasteiger partial charge on any atom is -0.598 e. The molecule has 2 rings (SSSR count). The second kappa shape index (κ2) is 8.77. The number of carbonyl (C=O) groups is 1. The highest BCUT2D eigenvalue weighted by molar-refractivity contribution is 7.90. The second-order valence-electron chi connectivity index (χ2n) is 7.93. The van der Waals surface area contributed by atoms with Crippen molar-refractivity contribution in [3.63, 3.8) is 0 Å². The summed E-state index contributed by atoms with van der Waals surface area (Å²) in [5.41, 5.74) is 1.62. The average Bonchev–Trinajstić information content (AvgIpc) is 2.54. The van der Waals surface area contributed by atoms with E-state index in [4.69, 9.17) is 0 Å². The quantitative estimate of drug-likeness (QED) is 0.640. The molecule has 0 heterocycles. The molecule has 0 saturated heterocycles. The third kappa shape index (κ3) is 5.52. The predicted octanol–water partition coefficient (Wildman–Crippen LogP) is 4.96. The number of nitrogens with one attached hydrogen (secondary N) is 1. The number of hydrogen-bond acceptors (Lipinski definition) is 3. The molecule has 8 heteroatoms. The molecule has 2 N–H and O–H groups in total. The summed E-state index contributed by atoms with van der Waals surface area (Å²) in [4.78, 5) is 11.3. The first-order valence-corrected chi connectivity index (χ1v) is 10.1. The molecule has 2 aromatic rings. The van der Waals surface area contributed by atoms with Crippen LogP contribution in [0.25, 0.3) is 11.1 Å². The van der Waals surface area contributed by atoms with Gasteiger partial charge in [0.25, 0.3) is 0 Å². The molecule has 2 aromatic carbocycles. The first-order valence-electron chi connectivity index (χ1n) is 8.97. The largest absolute Gasteiger partial charge is 0.598 e. The van der Waals surface area contributed by atoms with Gasteiger partial charge in [-0.2, -0.15) is 0 Å². The number of halogens is 3. The molecule has 0 radical (unpaired) electrons. The Balaban J connectivity index is 2.62. The van der Waals surface area contributed by atoms with Gasteiger partial charge in [-0.05, 0) is 81.1 Å². The monoisotopic (exact) mass is 427 g/mol. The van der Waals surface area contributed by atoms with Crippen LogP contribution >= 0.6 is 0 Å². The van der Waals surface area contributed by atoms with Crippen molar-refractivity contribution in [3.8, 4) is 11.1 Å². The Morgan fingerprint density at radius 3 is 2.17 bits per heavy atom. The number of carboxylic acids is 1. The van der Waals surface area contributed by atoms with Crippen LogP contribution in [0.5, 0.6) is 0 Å². The Morgan fingerprint density at radius 1 is 1.14 bits per heavy atom. The number of benzene rings is 2. The maximum atomic E-state index is 14.6. The van der Waals surface area contributed by atoms with Crippen molar-refractivity contribution in [2.45, 2.75) is 51.8 Å². The summed E-state index contributed by atoms with van der Waals surface area (Å²) in [6.07, 6.45) is -0.594. The van der Waals surface area contributed by atoms with Gasteiger partial charge in [-0.3, -0.25) is 4.79 Å². The summed E-state index contributed by atoms with van der Waals surface area (Å²) in [6, 6.07) is 3.66. The van der Waals surface area contributed by atoms with Gasteiger partial charge >= 0.3 is 5.97 Å². The van der Waals surface area contributed by atoms with Crippen molar-refractivity contribution in [2.24, 2.45) is 0 Å². The van der Waals surface area contributed by atoms with Crippen molar-refractivity contribution >= 4 is 17.3 Å². The van der Waals surface area contributed by atoms with Gasteiger partial charge in [-0.15, -0.1) is 4.72 Å². The molecule has 0 aliphatic carbocycles. The number of aryl methyl sites for hydroxylation is 2. The van der Waals surface area contributed by atoms with Crippen molar-refractivity contribution in [1.29, 1.82) is 0 Å². The molecule has 0 bridgehead atoms. The number of carboxylic acid groups (broad SMARTS) is 1. The van der Waals surface area contributed by atoms with Gasteiger partial charge in [0.05, 0.1) is 12.5 Å². The smallest absolute Gasteiger partial charge is 0.305 e. The lowest BCUT2D eigenvalue weighted by molar-refractivity contribution is -0.137. The van der Waals surface area contributed by atoms with Crippen LogP contribution in [0.2, 0.25) is 0 Å². The molecule has 0 amide bonds. The first kappa shape index (κ1) is 23.3. The van der Waals surface area contributed by atoms with Crippen LogP contribution in [0.3, 0.4) is 0 Å². The van der Waals surface area contributed by atoms with Gasteiger partial charge in [-0.1, -0.05) is 0 Å². The molecule has 158 valence electrons. The van der Waals surface area contributed by atoms with E-state index < -0.39 is 52.0 Å². The minimum atomic E-state index is -1.71. The van der Waals surface area contributed by atoms with Gasteiger partial charge in [0, 0.05) is 16.9 Å². The Hall–Kier alpha value is -2.03. The van der Waals surface area contributed by atoms with Gasteiger partial charge in [0.2, 0.25) is 0 Å². The van der Waals surface area contributed by atoms with E-state index in [1.165, 1.54) is 18.2 Å². The molecule has 0 fully saturated rings. The van der Waals surface area contributed by atoms with Gasteiger partial charge in [0.1, 0.15) is 10.6 Å². The maximum absolute atomic E-state index is 14.6. The molecular formula is C21H24F3NO3S. The summed E-state index contributed by atoms with van der Waals surface area (Å²) in [7, 11) is 0. The van der Waals surface area contributed by atoms with Gasteiger partial charge in [-0.25, -0.2) is 13.2 Å². The van der Waals surface area contributed by atoms with Crippen molar-refractivity contribution in [2.75, 3.05) is 0 Å². The number of hydrogen-bond donors (Lipinski definition) is 2. The highest BCUT2D eigenvalue weighted by Crippen LogP contribution is 2.34. The van der Waals surface area contributed by atoms with Crippen LogP contribution in [0, 0.1) is 31.3 Å². The second-order valence-corrected chi connectivity index (χ2v) is 9.92. The van der Waals surface area contributed by atoms with Crippen LogP contribution in [0.4, 0.5) is 13.2 Å². The Morgan fingerprint density at radius 2 is 1.69 bits per heavy atom. The minimum absolute atomic E-state index is 0.247. The lowest BCUT2D eigenvalue weighted by Crippen LogP contribution is -2.42. The van der Waals surface area contributed by atoms with E-state index in [0.717, 1.165) is 6.07 Å². The molecule has 29 heavy (non-hydrogen) atoms. The summed E-state index contributed by atoms with van der Waals surface area (Å²) >= 11 is -1.71. The zero-order chi connectivity index (χ0) is 22.1.